The highest BCUT2D eigenvalue weighted by Crippen LogP contribution is 2.41. The second-order valence-electron chi connectivity index (χ2n) is 9.50. The maximum Gasteiger partial charge on any atom is 0.141 e. The van der Waals surface area contributed by atoms with Crippen LogP contribution in [-0.2, 0) is 11.8 Å². The molecule has 1 atom stereocenters. The van der Waals surface area contributed by atoms with Gasteiger partial charge in [-0.3, -0.25) is 0 Å². The molecule has 1 unspecified atom stereocenters. The molecule has 0 spiro atoms. The fraction of sp³-hybridized carbons (Fsp3) is 0.714. The van der Waals surface area contributed by atoms with E-state index in [0.29, 0.717) is 5.92 Å². The number of hydrogen-bond donors (Lipinski definition) is 1. The number of hydrogen-bond acceptors (Lipinski definition) is 2. The summed E-state index contributed by atoms with van der Waals surface area (Å²) in [4.78, 5) is 0. The number of ether oxygens (including phenoxy) is 1. The van der Waals surface area contributed by atoms with E-state index in [-0.39, 0.29) is 29.3 Å². The lowest BCUT2D eigenvalue weighted by molar-refractivity contribution is 0.282. The highest BCUT2D eigenvalue weighted by Gasteiger charge is 2.29. The molecule has 0 amide bonds. The zero-order chi connectivity index (χ0) is 18.1. The third-order valence-corrected chi connectivity index (χ3v) is 4.86. The van der Waals surface area contributed by atoms with E-state index in [1.54, 1.807) is 0 Å². The van der Waals surface area contributed by atoms with Crippen LogP contribution in [0.25, 0.3) is 0 Å². The Bertz CT molecular complexity index is 572. The van der Waals surface area contributed by atoms with Crippen LogP contribution in [0.2, 0.25) is 5.02 Å². The summed E-state index contributed by atoms with van der Waals surface area (Å²) in [5.41, 5.74) is 8.82. The van der Waals surface area contributed by atoms with Crippen molar-refractivity contribution in [2.45, 2.75) is 78.7 Å². The summed E-state index contributed by atoms with van der Waals surface area (Å²) in [6.07, 6.45) is 4.43. The van der Waals surface area contributed by atoms with Crippen molar-refractivity contribution < 1.29 is 4.74 Å². The maximum absolute atomic E-state index is 6.63. The van der Waals surface area contributed by atoms with Gasteiger partial charge in [0.15, 0.2) is 0 Å². The first-order valence-corrected chi connectivity index (χ1v) is 9.57. The highest BCUT2D eigenvalue weighted by molar-refractivity contribution is 6.32. The van der Waals surface area contributed by atoms with Crippen molar-refractivity contribution in [3.05, 3.63) is 28.3 Å². The maximum atomic E-state index is 6.63. The van der Waals surface area contributed by atoms with Gasteiger partial charge in [-0.05, 0) is 66.5 Å². The largest absolute Gasteiger partial charge is 0.491 e. The summed E-state index contributed by atoms with van der Waals surface area (Å²) in [5.74, 6) is 1.55. The van der Waals surface area contributed by atoms with Gasteiger partial charge in [0, 0.05) is 6.04 Å². The standard InChI is InChI=1S/C21H34ClNO.ClH/c1-14(23)9-16-10-17(21(5,6)13-20(2,3)4)11-18(22)19(16)24-12-15-7-8-15;/h10-11,14-15H,7-9,12-13,23H2,1-6H3;1H. The summed E-state index contributed by atoms with van der Waals surface area (Å²) in [6.45, 7) is 14.3. The van der Waals surface area contributed by atoms with Crippen LogP contribution in [0, 0.1) is 11.3 Å². The lowest BCUT2D eigenvalue weighted by Gasteiger charge is -2.34. The molecule has 1 aromatic rings. The van der Waals surface area contributed by atoms with Crippen LogP contribution in [0.4, 0.5) is 0 Å². The second kappa shape index (κ2) is 8.50. The molecule has 0 heterocycles. The summed E-state index contributed by atoms with van der Waals surface area (Å²) in [6, 6.07) is 4.45. The third-order valence-electron chi connectivity index (χ3n) is 4.58. The van der Waals surface area contributed by atoms with Crippen LogP contribution in [-0.4, -0.2) is 12.6 Å². The molecule has 2 N–H and O–H groups in total. The SMILES string of the molecule is CC(N)Cc1cc(C(C)(C)CC(C)(C)C)cc(Cl)c1OCC1CC1.Cl. The molecule has 0 aromatic heterocycles. The van der Waals surface area contributed by atoms with E-state index in [2.05, 4.69) is 46.8 Å². The minimum atomic E-state index is 0. The molecule has 0 bridgehead atoms. The third kappa shape index (κ3) is 7.00. The fourth-order valence-electron chi connectivity index (χ4n) is 3.61. The molecule has 2 nitrogen and oxygen atoms in total. The molecule has 144 valence electrons. The van der Waals surface area contributed by atoms with Crippen LogP contribution < -0.4 is 10.5 Å². The smallest absolute Gasteiger partial charge is 0.141 e. The Morgan fingerprint density at radius 3 is 2.28 bits per heavy atom. The molecule has 1 fully saturated rings. The van der Waals surface area contributed by atoms with E-state index in [4.69, 9.17) is 22.1 Å². The number of nitrogens with two attached hydrogens (primary N) is 1. The molecule has 0 radical (unpaired) electrons. The predicted molar refractivity (Wildman–Crippen MR) is 111 cm³/mol. The zero-order valence-corrected chi connectivity index (χ0v) is 18.2. The first-order valence-electron chi connectivity index (χ1n) is 9.19. The van der Waals surface area contributed by atoms with Gasteiger partial charge >= 0.3 is 0 Å². The zero-order valence-electron chi connectivity index (χ0n) is 16.6. The minimum absolute atomic E-state index is 0. The Balaban J connectivity index is 0.00000312. The van der Waals surface area contributed by atoms with Crippen LogP contribution in [0.15, 0.2) is 12.1 Å². The van der Waals surface area contributed by atoms with Crippen molar-refractivity contribution in [2.75, 3.05) is 6.61 Å². The van der Waals surface area contributed by atoms with Crippen LogP contribution >= 0.6 is 24.0 Å². The fourth-order valence-corrected chi connectivity index (χ4v) is 3.91. The average molecular weight is 388 g/mol. The molecule has 0 aliphatic heterocycles. The van der Waals surface area contributed by atoms with Gasteiger partial charge in [-0.1, -0.05) is 52.3 Å². The van der Waals surface area contributed by atoms with E-state index in [9.17, 15) is 0 Å². The van der Waals surface area contributed by atoms with Crippen LogP contribution in [0.1, 0.15) is 71.9 Å². The molecule has 25 heavy (non-hydrogen) atoms. The highest BCUT2D eigenvalue weighted by atomic mass is 35.5. The second-order valence-corrected chi connectivity index (χ2v) is 9.91. The Kier molecular flexibility index (Phi) is 7.68. The summed E-state index contributed by atoms with van der Waals surface area (Å²) >= 11 is 6.63. The lowest BCUT2D eigenvalue weighted by Crippen LogP contribution is -2.25. The van der Waals surface area contributed by atoms with Gasteiger partial charge in [0.05, 0.1) is 11.6 Å². The summed E-state index contributed by atoms with van der Waals surface area (Å²) in [7, 11) is 0. The molecule has 2 rings (SSSR count). The Labute approximate surface area is 165 Å². The van der Waals surface area contributed by atoms with Crippen LogP contribution in [0.5, 0.6) is 5.75 Å². The van der Waals surface area contributed by atoms with Gasteiger partial charge < -0.3 is 10.5 Å². The quantitative estimate of drug-likeness (QED) is 0.608. The van der Waals surface area contributed by atoms with Gasteiger partial charge in [0.25, 0.3) is 0 Å². The van der Waals surface area contributed by atoms with E-state index in [1.807, 2.05) is 6.92 Å². The van der Waals surface area contributed by atoms with Crippen molar-refractivity contribution in [3.8, 4) is 5.75 Å². The lowest BCUT2D eigenvalue weighted by atomic mass is 9.72. The molecular weight excluding hydrogens is 353 g/mol. The van der Waals surface area contributed by atoms with Crippen molar-refractivity contribution in [1.82, 2.24) is 0 Å². The van der Waals surface area contributed by atoms with Gasteiger partial charge in [0.2, 0.25) is 0 Å². The normalized spacial score (nSPS) is 16.3. The molecule has 4 heteroatoms. The molecule has 1 aliphatic carbocycles. The van der Waals surface area contributed by atoms with Crippen molar-refractivity contribution in [1.29, 1.82) is 0 Å². The van der Waals surface area contributed by atoms with Gasteiger partial charge in [0.1, 0.15) is 5.75 Å². The van der Waals surface area contributed by atoms with E-state index < -0.39 is 0 Å². The molecule has 1 aliphatic rings. The van der Waals surface area contributed by atoms with Gasteiger partial charge in [-0.15, -0.1) is 12.4 Å². The summed E-state index contributed by atoms with van der Waals surface area (Å²) in [5, 5.41) is 0.728. The molecule has 1 saturated carbocycles. The van der Waals surface area contributed by atoms with Crippen molar-refractivity contribution in [2.24, 2.45) is 17.1 Å². The van der Waals surface area contributed by atoms with Crippen LogP contribution in [0.3, 0.4) is 0 Å². The Hall–Kier alpha value is -0.440. The molecule has 0 saturated heterocycles. The minimum Gasteiger partial charge on any atom is -0.491 e. The monoisotopic (exact) mass is 387 g/mol. The average Bonchev–Trinajstić information content (AvgIpc) is 3.17. The first kappa shape index (κ1) is 22.6. The first-order chi connectivity index (χ1) is 11.0. The summed E-state index contributed by atoms with van der Waals surface area (Å²) < 4.78 is 6.07. The van der Waals surface area contributed by atoms with Crippen molar-refractivity contribution >= 4 is 24.0 Å². The topological polar surface area (TPSA) is 35.2 Å². The number of halogens is 2. The number of rotatable bonds is 7. The number of benzene rings is 1. The predicted octanol–water partition coefficient (Wildman–Crippen LogP) is 6.15. The molecule has 1 aromatic carbocycles. The van der Waals surface area contributed by atoms with E-state index >= 15 is 0 Å². The van der Waals surface area contributed by atoms with E-state index in [0.717, 1.165) is 35.8 Å². The van der Waals surface area contributed by atoms with E-state index in [1.165, 1.54) is 18.4 Å². The Morgan fingerprint density at radius 1 is 1.20 bits per heavy atom. The molecular formula is C21H35Cl2NO. The van der Waals surface area contributed by atoms with Gasteiger partial charge in [-0.25, -0.2) is 0 Å². The Morgan fingerprint density at radius 2 is 1.80 bits per heavy atom. The van der Waals surface area contributed by atoms with Crippen molar-refractivity contribution in [3.63, 3.8) is 0 Å². The van der Waals surface area contributed by atoms with Gasteiger partial charge in [-0.2, -0.15) is 0 Å².